The number of amides is 1. The van der Waals surface area contributed by atoms with Crippen LogP contribution in [0.2, 0.25) is 5.02 Å². The molecule has 0 atom stereocenters. The summed E-state index contributed by atoms with van der Waals surface area (Å²) in [5.74, 6) is 0.586. The highest BCUT2D eigenvalue weighted by atomic mass is 35.5. The average Bonchev–Trinajstić information content (AvgIpc) is 2.69. The highest BCUT2D eigenvalue weighted by Gasteiger charge is 2.05. The zero-order valence-electron chi connectivity index (χ0n) is 14.8. The number of rotatable bonds is 8. The molecule has 27 heavy (non-hydrogen) atoms. The van der Waals surface area contributed by atoms with Crippen LogP contribution in [0.1, 0.15) is 11.1 Å². The van der Waals surface area contributed by atoms with Crippen LogP contribution in [0.3, 0.4) is 0 Å². The minimum atomic E-state index is -0.123. The Bertz CT molecular complexity index is 884. The van der Waals surface area contributed by atoms with E-state index >= 15 is 0 Å². The van der Waals surface area contributed by atoms with Gasteiger partial charge >= 0.3 is 0 Å². The molecule has 0 aliphatic rings. The van der Waals surface area contributed by atoms with Crippen LogP contribution in [0.25, 0.3) is 0 Å². The Morgan fingerprint density at radius 1 is 0.926 bits per heavy atom. The first-order valence-corrected chi connectivity index (χ1v) is 9.09. The molecular weight excluding hydrogens is 360 g/mol. The molecule has 0 saturated heterocycles. The van der Waals surface area contributed by atoms with Gasteiger partial charge in [0.2, 0.25) is 5.91 Å². The first-order valence-electron chi connectivity index (χ1n) is 8.71. The van der Waals surface area contributed by atoms with Crippen molar-refractivity contribution in [2.75, 3.05) is 11.9 Å². The second-order valence-electron chi connectivity index (χ2n) is 6.05. The van der Waals surface area contributed by atoms with E-state index in [0.29, 0.717) is 29.6 Å². The maximum absolute atomic E-state index is 12.1. The van der Waals surface area contributed by atoms with Crippen LogP contribution in [-0.2, 0) is 17.9 Å². The molecule has 3 aromatic rings. The Morgan fingerprint density at radius 3 is 2.52 bits per heavy atom. The average molecular weight is 381 g/mol. The quantitative estimate of drug-likeness (QED) is 0.598. The molecule has 4 nitrogen and oxygen atoms in total. The molecule has 1 amide bonds. The standard InChI is InChI=1S/C22H21ClN2O2/c23-21-12-5-4-9-18(21)14-24-15-22(26)25-19-10-6-11-20(13-19)27-16-17-7-2-1-3-8-17/h1-13,24H,14-16H2,(H,25,26). The number of carbonyl (C=O) groups excluding carboxylic acids is 1. The number of ether oxygens (including phenoxy) is 1. The molecule has 0 unspecified atom stereocenters. The molecule has 0 heterocycles. The van der Waals surface area contributed by atoms with Gasteiger partial charge in [-0.3, -0.25) is 4.79 Å². The Morgan fingerprint density at radius 2 is 1.70 bits per heavy atom. The lowest BCUT2D eigenvalue weighted by atomic mass is 10.2. The first-order chi connectivity index (χ1) is 13.2. The predicted octanol–water partition coefficient (Wildman–Crippen LogP) is 4.65. The molecule has 138 valence electrons. The van der Waals surface area contributed by atoms with Crippen molar-refractivity contribution in [3.05, 3.63) is 95.0 Å². The predicted molar refractivity (Wildman–Crippen MR) is 109 cm³/mol. The third-order valence-corrected chi connectivity index (χ3v) is 4.29. The molecule has 3 rings (SSSR count). The second kappa shape index (κ2) is 9.76. The van der Waals surface area contributed by atoms with Crippen molar-refractivity contribution in [3.63, 3.8) is 0 Å². The number of hydrogen-bond acceptors (Lipinski definition) is 3. The number of benzene rings is 3. The van der Waals surface area contributed by atoms with E-state index in [1.54, 1.807) is 0 Å². The molecule has 2 N–H and O–H groups in total. The summed E-state index contributed by atoms with van der Waals surface area (Å²) in [6.45, 7) is 1.21. The van der Waals surface area contributed by atoms with Gasteiger partial charge in [-0.25, -0.2) is 0 Å². The molecular formula is C22H21ClN2O2. The van der Waals surface area contributed by atoms with Crippen molar-refractivity contribution in [1.82, 2.24) is 5.32 Å². The van der Waals surface area contributed by atoms with Crippen molar-refractivity contribution in [3.8, 4) is 5.75 Å². The zero-order chi connectivity index (χ0) is 18.9. The number of anilines is 1. The fourth-order valence-electron chi connectivity index (χ4n) is 2.56. The van der Waals surface area contributed by atoms with Gasteiger partial charge in [0.1, 0.15) is 12.4 Å². The lowest BCUT2D eigenvalue weighted by Crippen LogP contribution is -2.27. The van der Waals surface area contributed by atoms with Crippen LogP contribution in [-0.4, -0.2) is 12.5 Å². The lowest BCUT2D eigenvalue weighted by Gasteiger charge is -2.10. The van der Waals surface area contributed by atoms with Crippen molar-refractivity contribution in [2.24, 2.45) is 0 Å². The van der Waals surface area contributed by atoms with Gasteiger partial charge in [-0.05, 0) is 29.3 Å². The molecule has 3 aromatic carbocycles. The van der Waals surface area contributed by atoms with E-state index < -0.39 is 0 Å². The SMILES string of the molecule is O=C(CNCc1ccccc1Cl)Nc1cccc(OCc2ccccc2)c1. The Balaban J connectivity index is 1.47. The molecule has 0 saturated carbocycles. The van der Waals surface area contributed by atoms with E-state index in [1.807, 2.05) is 78.9 Å². The fraction of sp³-hybridized carbons (Fsp3) is 0.136. The third kappa shape index (κ3) is 6.13. The van der Waals surface area contributed by atoms with Gasteiger partial charge in [-0.2, -0.15) is 0 Å². The van der Waals surface area contributed by atoms with Gasteiger partial charge in [-0.15, -0.1) is 0 Å². The second-order valence-corrected chi connectivity index (χ2v) is 6.45. The molecule has 0 bridgehead atoms. The van der Waals surface area contributed by atoms with Gasteiger partial charge in [0.25, 0.3) is 0 Å². The molecule has 0 radical (unpaired) electrons. The highest BCUT2D eigenvalue weighted by molar-refractivity contribution is 6.31. The zero-order valence-corrected chi connectivity index (χ0v) is 15.6. The van der Waals surface area contributed by atoms with Gasteiger partial charge in [0, 0.05) is 23.3 Å². The maximum Gasteiger partial charge on any atom is 0.238 e. The van der Waals surface area contributed by atoms with Gasteiger partial charge in [0.15, 0.2) is 0 Å². The van der Waals surface area contributed by atoms with Crippen molar-refractivity contribution in [2.45, 2.75) is 13.2 Å². The minimum absolute atomic E-state index is 0.123. The van der Waals surface area contributed by atoms with Gasteiger partial charge < -0.3 is 15.4 Å². The molecule has 5 heteroatoms. The monoisotopic (exact) mass is 380 g/mol. The van der Waals surface area contributed by atoms with E-state index in [0.717, 1.165) is 11.1 Å². The van der Waals surface area contributed by atoms with Crippen LogP contribution in [0, 0.1) is 0 Å². The van der Waals surface area contributed by atoms with Crippen LogP contribution in [0.15, 0.2) is 78.9 Å². The summed E-state index contributed by atoms with van der Waals surface area (Å²) >= 11 is 6.11. The summed E-state index contributed by atoms with van der Waals surface area (Å²) in [5, 5.41) is 6.65. The summed E-state index contributed by atoms with van der Waals surface area (Å²) in [7, 11) is 0. The molecule has 0 aliphatic carbocycles. The lowest BCUT2D eigenvalue weighted by molar-refractivity contribution is -0.115. The fourth-order valence-corrected chi connectivity index (χ4v) is 2.76. The van der Waals surface area contributed by atoms with Crippen molar-refractivity contribution < 1.29 is 9.53 Å². The van der Waals surface area contributed by atoms with Crippen LogP contribution < -0.4 is 15.4 Å². The van der Waals surface area contributed by atoms with Crippen molar-refractivity contribution in [1.29, 1.82) is 0 Å². The summed E-state index contributed by atoms with van der Waals surface area (Å²) in [4.78, 5) is 12.1. The van der Waals surface area contributed by atoms with E-state index in [9.17, 15) is 4.79 Å². The van der Waals surface area contributed by atoms with Gasteiger partial charge in [-0.1, -0.05) is 66.2 Å². The molecule has 0 spiro atoms. The van der Waals surface area contributed by atoms with E-state index in [4.69, 9.17) is 16.3 Å². The normalized spacial score (nSPS) is 10.4. The van der Waals surface area contributed by atoms with E-state index in [1.165, 1.54) is 0 Å². The Kier molecular flexibility index (Phi) is 6.85. The first kappa shape index (κ1) is 19.0. The molecule has 0 aromatic heterocycles. The minimum Gasteiger partial charge on any atom is -0.489 e. The van der Waals surface area contributed by atoms with Crippen LogP contribution in [0.4, 0.5) is 5.69 Å². The highest BCUT2D eigenvalue weighted by Crippen LogP contribution is 2.19. The summed E-state index contributed by atoms with van der Waals surface area (Å²) in [6.07, 6.45) is 0. The number of hydrogen-bond donors (Lipinski definition) is 2. The molecule has 0 aliphatic heterocycles. The van der Waals surface area contributed by atoms with Crippen LogP contribution >= 0.6 is 11.6 Å². The summed E-state index contributed by atoms with van der Waals surface area (Å²) in [5.41, 5.74) is 2.75. The maximum atomic E-state index is 12.1. The number of carbonyl (C=O) groups is 1. The smallest absolute Gasteiger partial charge is 0.238 e. The Hall–Kier alpha value is -2.82. The van der Waals surface area contributed by atoms with E-state index in [-0.39, 0.29) is 12.5 Å². The molecule has 0 fully saturated rings. The summed E-state index contributed by atoms with van der Waals surface area (Å²) < 4.78 is 5.78. The third-order valence-electron chi connectivity index (χ3n) is 3.92. The van der Waals surface area contributed by atoms with Gasteiger partial charge in [0.05, 0.1) is 6.54 Å². The number of halogens is 1. The van der Waals surface area contributed by atoms with Crippen LogP contribution in [0.5, 0.6) is 5.75 Å². The number of nitrogens with one attached hydrogen (secondary N) is 2. The summed E-state index contributed by atoms with van der Waals surface area (Å²) in [6, 6.07) is 24.9. The van der Waals surface area contributed by atoms with E-state index in [2.05, 4.69) is 10.6 Å². The largest absolute Gasteiger partial charge is 0.489 e. The topological polar surface area (TPSA) is 50.4 Å². The Labute approximate surface area is 164 Å². The van der Waals surface area contributed by atoms with Crippen molar-refractivity contribution >= 4 is 23.2 Å².